The van der Waals surface area contributed by atoms with Crippen molar-refractivity contribution >= 4 is 11.8 Å². The van der Waals surface area contributed by atoms with Crippen molar-refractivity contribution in [1.29, 1.82) is 0 Å². The van der Waals surface area contributed by atoms with E-state index in [0.29, 0.717) is 6.42 Å². The van der Waals surface area contributed by atoms with Gasteiger partial charge in [-0.1, -0.05) is 13.3 Å². The molecule has 0 unspecified atom stereocenters. The molecule has 2 amide bonds. The number of carbonyl (C=O) groups is 2. The summed E-state index contributed by atoms with van der Waals surface area (Å²) in [6.45, 7) is 7.99. The molecule has 3 fully saturated rings. The summed E-state index contributed by atoms with van der Waals surface area (Å²) in [5, 5.41) is 3.31. The van der Waals surface area contributed by atoms with Gasteiger partial charge in [0, 0.05) is 25.0 Å². The van der Waals surface area contributed by atoms with E-state index in [1.165, 1.54) is 19.3 Å². The van der Waals surface area contributed by atoms with Crippen LogP contribution in [-0.4, -0.2) is 84.4 Å². The second-order valence-corrected chi connectivity index (χ2v) is 9.14. The summed E-state index contributed by atoms with van der Waals surface area (Å²) in [5.74, 6) is 0.215. The van der Waals surface area contributed by atoms with E-state index in [1.807, 2.05) is 11.8 Å². The van der Waals surface area contributed by atoms with Gasteiger partial charge >= 0.3 is 0 Å². The molecular weight excluding hydrogens is 352 g/mol. The fourth-order valence-corrected chi connectivity index (χ4v) is 5.24. The Hall–Kier alpha value is -1.14. The molecule has 0 bridgehead atoms. The molecule has 0 spiro atoms. The van der Waals surface area contributed by atoms with Crippen LogP contribution in [0.2, 0.25) is 0 Å². The van der Waals surface area contributed by atoms with Crippen molar-refractivity contribution < 1.29 is 9.59 Å². The van der Waals surface area contributed by atoms with E-state index >= 15 is 0 Å². The van der Waals surface area contributed by atoms with Gasteiger partial charge < -0.3 is 15.1 Å². The molecular formula is C22H40N4O2. The second kappa shape index (κ2) is 10.1. The fourth-order valence-electron chi connectivity index (χ4n) is 5.24. The molecule has 3 heterocycles. The molecule has 1 atom stereocenters. The highest BCUT2D eigenvalue weighted by Crippen LogP contribution is 2.31. The van der Waals surface area contributed by atoms with Crippen molar-refractivity contribution in [3.63, 3.8) is 0 Å². The Kier molecular flexibility index (Phi) is 7.75. The minimum absolute atomic E-state index is 0.0689. The number of amides is 2. The summed E-state index contributed by atoms with van der Waals surface area (Å²) in [4.78, 5) is 32.5. The van der Waals surface area contributed by atoms with Gasteiger partial charge in [0.15, 0.2) is 0 Å². The molecule has 3 aliphatic heterocycles. The highest BCUT2D eigenvalue weighted by atomic mass is 16.2. The van der Waals surface area contributed by atoms with Crippen molar-refractivity contribution in [3.05, 3.63) is 0 Å². The number of hydrogen-bond donors (Lipinski definition) is 1. The van der Waals surface area contributed by atoms with E-state index in [2.05, 4.69) is 22.2 Å². The summed E-state index contributed by atoms with van der Waals surface area (Å²) >= 11 is 0. The maximum Gasteiger partial charge on any atom is 0.242 e. The van der Waals surface area contributed by atoms with Crippen LogP contribution in [0.25, 0.3) is 0 Å². The van der Waals surface area contributed by atoms with Crippen LogP contribution in [0.3, 0.4) is 0 Å². The molecule has 0 aromatic carbocycles. The summed E-state index contributed by atoms with van der Waals surface area (Å²) < 4.78 is 0. The van der Waals surface area contributed by atoms with E-state index in [-0.39, 0.29) is 23.4 Å². The lowest BCUT2D eigenvalue weighted by molar-refractivity contribution is -0.142. The normalized spacial score (nSPS) is 26.8. The SMILES string of the molecule is CCCC(=O)N1CCCC[C@H]1C(=O)NCC1(N2CCCCC2)CCN(C)CC1. The molecule has 28 heavy (non-hydrogen) atoms. The Morgan fingerprint density at radius 1 is 0.964 bits per heavy atom. The summed E-state index contributed by atoms with van der Waals surface area (Å²) in [7, 11) is 2.19. The Labute approximate surface area is 171 Å². The van der Waals surface area contributed by atoms with Gasteiger partial charge in [0.2, 0.25) is 11.8 Å². The zero-order valence-electron chi connectivity index (χ0n) is 18.0. The van der Waals surface area contributed by atoms with E-state index in [0.717, 1.165) is 77.8 Å². The molecule has 1 N–H and O–H groups in total. The lowest BCUT2D eigenvalue weighted by atomic mass is 9.84. The Morgan fingerprint density at radius 3 is 2.32 bits per heavy atom. The molecule has 0 aromatic rings. The molecule has 3 aliphatic rings. The third kappa shape index (κ3) is 5.07. The quantitative estimate of drug-likeness (QED) is 0.753. The molecule has 3 rings (SSSR count). The van der Waals surface area contributed by atoms with Crippen molar-refractivity contribution in [3.8, 4) is 0 Å². The fraction of sp³-hybridized carbons (Fsp3) is 0.909. The van der Waals surface area contributed by atoms with Crippen LogP contribution in [0.15, 0.2) is 0 Å². The van der Waals surface area contributed by atoms with E-state index < -0.39 is 0 Å². The summed E-state index contributed by atoms with van der Waals surface area (Å²) in [6, 6.07) is -0.266. The van der Waals surface area contributed by atoms with Crippen LogP contribution in [0.1, 0.15) is 71.1 Å². The van der Waals surface area contributed by atoms with Crippen LogP contribution in [-0.2, 0) is 9.59 Å². The zero-order chi connectivity index (χ0) is 20.0. The van der Waals surface area contributed by atoms with Crippen molar-refractivity contribution in [2.75, 3.05) is 46.3 Å². The summed E-state index contributed by atoms with van der Waals surface area (Å²) in [6.07, 6.45) is 10.4. The van der Waals surface area contributed by atoms with Gasteiger partial charge in [0.05, 0.1) is 0 Å². The lowest BCUT2D eigenvalue weighted by Gasteiger charge is -2.50. The van der Waals surface area contributed by atoms with Crippen molar-refractivity contribution in [2.24, 2.45) is 0 Å². The number of likely N-dealkylation sites (tertiary alicyclic amines) is 3. The number of hydrogen-bond acceptors (Lipinski definition) is 4. The van der Waals surface area contributed by atoms with Gasteiger partial charge in [-0.2, -0.15) is 0 Å². The first kappa shape index (κ1) is 21.6. The Bertz CT molecular complexity index is 525. The van der Waals surface area contributed by atoms with Crippen molar-refractivity contribution in [1.82, 2.24) is 20.0 Å². The second-order valence-electron chi connectivity index (χ2n) is 9.14. The van der Waals surface area contributed by atoms with Crippen molar-refractivity contribution in [2.45, 2.75) is 82.7 Å². The van der Waals surface area contributed by atoms with Gasteiger partial charge in [-0.05, 0) is 84.6 Å². The topological polar surface area (TPSA) is 55.9 Å². The molecule has 0 saturated carbocycles. The summed E-state index contributed by atoms with van der Waals surface area (Å²) in [5.41, 5.74) is 0.0928. The average Bonchev–Trinajstić information content (AvgIpc) is 2.74. The van der Waals surface area contributed by atoms with Gasteiger partial charge in [0.1, 0.15) is 6.04 Å². The van der Waals surface area contributed by atoms with Crippen LogP contribution in [0, 0.1) is 0 Å². The predicted molar refractivity (Wildman–Crippen MR) is 112 cm³/mol. The molecule has 160 valence electrons. The minimum Gasteiger partial charge on any atom is -0.352 e. The van der Waals surface area contributed by atoms with Crippen LogP contribution in [0.5, 0.6) is 0 Å². The number of rotatable bonds is 6. The van der Waals surface area contributed by atoms with E-state index in [1.54, 1.807) is 0 Å². The zero-order valence-corrected chi connectivity index (χ0v) is 18.0. The smallest absolute Gasteiger partial charge is 0.242 e. The maximum atomic E-state index is 13.1. The molecule has 6 nitrogen and oxygen atoms in total. The lowest BCUT2D eigenvalue weighted by Crippen LogP contribution is -2.62. The highest BCUT2D eigenvalue weighted by Gasteiger charge is 2.41. The van der Waals surface area contributed by atoms with Gasteiger partial charge in [-0.15, -0.1) is 0 Å². The number of piperidine rings is 3. The third-order valence-corrected chi connectivity index (χ3v) is 7.13. The highest BCUT2D eigenvalue weighted by molar-refractivity contribution is 5.87. The minimum atomic E-state index is -0.266. The first-order valence-electron chi connectivity index (χ1n) is 11.6. The van der Waals surface area contributed by atoms with Crippen LogP contribution in [0.4, 0.5) is 0 Å². The van der Waals surface area contributed by atoms with Gasteiger partial charge in [-0.25, -0.2) is 0 Å². The van der Waals surface area contributed by atoms with Crippen LogP contribution < -0.4 is 5.32 Å². The monoisotopic (exact) mass is 392 g/mol. The number of nitrogens with zero attached hydrogens (tertiary/aromatic N) is 3. The number of carbonyl (C=O) groups excluding carboxylic acids is 2. The Balaban J connectivity index is 1.64. The van der Waals surface area contributed by atoms with Crippen LogP contribution >= 0.6 is 0 Å². The molecule has 3 saturated heterocycles. The molecule has 0 aliphatic carbocycles. The largest absolute Gasteiger partial charge is 0.352 e. The molecule has 6 heteroatoms. The predicted octanol–water partition coefficient (Wildman–Crippen LogP) is 2.23. The maximum absolute atomic E-state index is 13.1. The molecule has 0 aromatic heterocycles. The van der Waals surface area contributed by atoms with E-state index in [9.17, 15) is 9.59 Å². The molecule has 0 radical (unpaired) electrons. The Morgan fingerprint density at radius 2 is 1.64 bits per heavy atom. The van der Waals surface area contributed by atoms with Gasteiger partial charge in [0.25, 0.3) is 0 Å². The first-order chi connectivity index (χ1) is 13.6. The third-order valence-electron chi connectivity index (χ3n) is 7.13. The number of nitrogens with one attached hydrogen (secondary N) is 1. The first-order valence-corrected chi connectivity index (χ1v) is 11.6. The standard InChI is InChI=1S/C22H40N4O2/c1-3-9-20(27)26-15-8-5-10-19(26)21(28)23-18-22(11-16-24(2)17-12-22)25-13-6-4-7-14-25/h19H,3-18H2,1-2H3,(H,23,28)/t19-/m0/s1. The van der Waals surface area contributed by atoms with Gasteiger partial charge in [-0.3, -0.25) is 14.5 Å². The average molecular weight is 393 g/mol. The van der Waals surface area contributed by atoms with E-state index in [4.69, 9.17) is 0 Å².